The highest BCUT2D eigenvalue weighted by Gasteiger charge is 2.21. The molecule has 3 heteroatoms. The molecule has 0 amide bonds. The lowest BCUT2D eigenvalue weighted by Crippen LogP contribution is -3.00. The summed E-state index contributed by atoms with van der Waals surface area (Å²) in [5.41, 5.74) is 1.28. The van der Waals surface area contributed by atoms with E-state index in [0.717, 1.165) is 18.3 Å². The normalized spacial score (nSPS) is 14.3. The molecule has 0 bridgehead atoms. The third-order valence-electron chi connectivity index (χ3n) is 3.36. The maximum atomic E-state index is 5.47. The van der Waals surface area contributed by atoms with Crippen molar-refractivity contribution in [2.45, 2.75) is 25.4 Å². The molecule has 2 aromatic rings. The van der Waals surface area contributed by atoms with E-state index >= 15 is 0 Å². The molecule has 0 aliphatic heterocycles. The van der Waals surface area contributed by atoms with E-state index in [1.165, 1.54) is 29.2 Å². The summed E-state index contributed by atoms with van der Waals surface area (Å²) in [6.45, 7) is 0.898. The molecule has 0 heterocycles. The van der Waals surface area contributed by atoms with Crippen molar-refractivity contribution in [2.75, 3.05) is 7.11 Å². The number of ether oxygens (including phenoxy) is 1. The molecule has 96 valence electrons. The first-order valence-electron chi connectivity index (χ1n) is 6.16. The minimum Gasteiger partial charge on any atom is -1.00 e. The number of hydrogen-bond acceptors (Lipinski definition) is 2. The van der Waals surface area contributed by atoms with Gasteiger partial charge in [-0.15, -0.1) is 0 Å². The van der Waals surface area contributed by atoms with Gasteiger partial charge in [0.25, 0.3) is 0 Å². The van der Waals surface area contributed by atoms with Crippen molar-refractivity contribution < 1.29 is 17.1 Å². The molecule has 0 radical (unpaired) electrons. The van der Waals surface area contributed by atoms with Gasteiger partial charge in [0, 0.05) is 18.2 Å². The monoisotopic (exact) mass is 262 g/mol. The van der Waals surface area contributed by atoms with Gasteiger partial charge < -0.3 is 22.5 Å². The van der Waals surface area contributed by atoms with Gasteiger partial charge in [-0.1, -0.05) is 30.3 Å². The summed E-state index contributed by atoms with van der Waals surface area (Å²) in [6.07, 6.45) is 2.63. The number of fused-ring (bicyclic) bond motifs is 1. The largest absolute Gasteiger partial charge is 1.00 e. The minimum absolute atomic E-state index is 0. The predicted molar refractivity (Wildman–Crippen MR) is 70.4 cm³/mol. The Morgan fingerprint density at radius 1 is 1.17 bits per heavy atom. The van der Waals surface area contributed by atoms with Crippen LogP contribution in [0.25, 0.3) is 10.8 Å². The van der Waals surface area contributed by atoms with Crippen LogP contribution in [-0.2, 0) is 6.54 Å². The van der Waals surface area contributed by atoms with E-state index in [1.807, 2.05) is 0 Å². The quantitative estimate of drug-likeness (QED) is 0.844. The van der Waals surface area contributed by atoms with Crippen LogP contribution in [0.2, 0.25) is 0 Å². The molecule has 1 N–H and O–H groups in total. The van der Waals surface area contributed by atoms with Crippen LogP contribution in [0.1, 0.15) is 18.4 Å². The third-order valence-corrected chi connectivity index (χ3v) is 3.36. The highest BCUT2D eigenvalue weighted by molar-refractivity contribution is 5.87. The van der Waals surface area contributed by atoms with Crippen molar-refractivity contribution >= 4 is 10.8 Å². The standard InChI is InChI=1S/C15H17NO.ClH/c1-17-15-9-6-11-4-2-3-5-13(11)14(15)10-16-12-7-8-12;/h2-6,9,12,16H,7-8,10H2,1H3;1H/p-1. The Morgan fingerprint density at radius 2 is 1.94 bits per heavy atom. The summed E-state index contributed by atoms with van der Waals surface area (Å²) >= 11 is 0. The van der Waals surface area contributed by atoms with Gasteiger partial charge in [-0.3, -0.25) is 0 Å². The highest BCUT2D eigenvalue weighted by atomic mass is 35.5. The summed E-state index contributed by atoms with van der Waals surface area (Å²) in [5, 5.41) is 6.13. The maximum absolute atomic E-state index is 5.47. The van der Waals surface area contributed by atoms with Gasteiger partial charge in [0.2, 0.25) is 0 Å². The summed E-state index contributed by atoms with van der Waals surface area (Å²) in [4.78, 5) is 0. The van der Waals surface area contributed by atoms with Gasteiger partial charge >= 0.3 is 0 Å². The molecule has 1 fully saturated rings. The lowest BCUT2D eigenvalue weighted by atomic mass is 10.0. The minimum atomic E-state index is 0. The summed E-state index contributed by atoms with van der Waals surface area (Å²) in [6, 6.07) is 13.4. The Balaban J connectivity index is 0.00000120. The van der Waals surface area contributed by atoms with E-state index in [4.69, 9.17) is 4.74 Å². The Kier molecular flexibility index (Phi) is 4.10. The van der Waals surface area contributed by atoms with Crippen LogP contribution in [-0.4, -0.2) is 13.2 Å². The summed E-state index contributed by atoms with van der Waals surface area (Å²) < 4.78 is 5.47. The van der Waals surface area contributed by atoms with Crippen LogP contribution in [0.3, 0.4) is 0 Å². The predicted octanol–water partition coefficient (Wildman–Crippen LogP) is 0.104. The molecule has 1 aliphatic carbocycles. The third kappa shape index (κ3) is 2.60. The van der Waals surface area contributed by atoms with E-state index in [-0.39, 0.29) is 12.4 Å². The molecule has 2 nitrogen and oxygen atoms in total. The van der Waals surface area contributed by atoms with Crippen molar-refractivity contribution in [3.8, 4) is 5.75 Å². The van der Waals surface area contributed by atoms with Crippen LogP contribution < -0.4 is 22.5 Å². The SMILES string of the molecule is COc1ccc2ccccc2c1CNC1CC1.[Cl-]. The fourth-order valence-corrected chi connectivity index (χ4v) is 2.22. The molecule has 1 aliphatic rings. The number of hydrogen-bond donors (Lipinski definition) is 1. The number of methoxy groups -OCH3 is 1. The first-order valence-corrected chi connectivity index (χ1v) is 6.16. The van der Waals surface area contributed by atoms with Crippen molar-refractivity contribution in [3.63, 3.8) is 0 Å². The van der Waals surface area contributed by atoms with Gasteiger partial charge in [0.15, 0.2) is 0 Å². The van der Waals surface area contributed by atoms with Crippen molar-refractivity contribution in [3.05, 3.63) is 42.0 Å². The van der Waals surface area contributed by atoms with Gasteiger partial charge in [0.1, 0.15) is 5.75 Å². The first-order chi connectivity index (χ1) is 8.38. The molecule has 2 aromatic carbocycles. The second-order valence-electron chi connectivity index (χ2n) is 4.62. The van der Waals surface area contributed by atoms with Gasteiger partial charge in [-0.05, 0) is 29.7 Å². The second-order valence-corrected chi connectivity index (χ2v) is 4.62. The topological polar surface area (TPSA) is 21.3 Å². The molecule has 18 heavy (non-hydrogen) atoms. The zero-order valence-electron chi connectivity index (χ0n) is 10.4. The molecular weight excluding hydrogens is 246 g/mol. The summed E-state index contributed by atoms with van der Waals surface area (Å²) in [7, 11) is 1.74. The number of rotatable bonds is 4. The van der Waals surface area contributed by atoms with Crippen LogP contribution in [0.4, 0.5) is 0 Å². The zero-order valence-corrected chi connectivity index (χ0v) is 11.2. The van der Waals surface area contributed by atoms with Gasteiger partial charge in [-0.25, -0.2) is 0 Å². The Bertz CT molecular complexity index is 537. The van der Waals surface area contributed by atoms with Crippen LogP contribution >= 0.6 is 0 Å². The summed E-state index contributed by atoms with van der Waals surface area (Å²) in [5.74, 6) is 0.983. The van der Waals surface area contributed by atoms with Crippen molar-refractivity contribution in [2.24, 2.45) is 0 Å². The van der Waals surface area contributed by atoms with Crippen molar-refractivity contribution in [1.82, 2.24) is 5.32 Å². The molecule has 1 saturated carbocycles. The molecule has 0 aromatic heterocycles. The van der Waals surface area contributed by atoms with Crippen LogP contribution in [0, 0.1) is 0 Å². The van der Waals surface area contributed by atoms with E-state index in [1.54, 1.807) is 7.11 Å². The lowest BCUT2D eigenvalue weighted by Gasteiger charge is -2.12. The van der Waals surface area contributed by atoms with E-state index < -0.39 is 0 Å². The Hall–Kier alpha value is -1.25. The molecule has 0 saturated heterocycles. The fourth-order valence-electron chi connectivity index (χ4n) is 2.22. The number of nitrogens with one attached hydrogen (secondary N) is 1. The smallest absolute Gasteiger partial charge is 0.123 e. The van der Waals surface area contributed by atoms with Crippen LogP contribution in [0.5, 0.6) is 5.75 Å². The Morgan fingerprint density at radius 3 is 2.67 bits per heavy atom. The highest BCUT2D eigenvalue weighted by Crippen LogP contribution is 2.29. The molecule has 0 atom stereocenters. The number of halogens is 1. The van der Waals surface area contributed by atoms with E-state index in [0.29, 0.717) is 0 Å². The maximum Gasteiger partial charge on any atom is 0.123 e. The van der Waals surface area contributed by atoms with Crippen molar-refractivity contribution in [1.29, 1.82) is 0 Å². The molecule has 3 rings (SSSR count). The molecule has 0 unspecified atom stereocenters. The van der Waals surface area contributed by atoms with E-state index in [9.17, 15) is 0 Å². The van der Waals surface area contributed by atoms with Gasteiger partial charge in [0.05, 0.1) is 7.11 Å². The molecular formula is C15H17ClNO-. The zero-order chi connectivity index (χ0) is 11.7. The second kappa shape index (κ2) is 5.59. The molecule has 0 spiro atoms. The average molecular weight is 263 g/mol. The lowest BCUT2D eigenvalue weighted by molar-refractivity contribution is -0.00000373. The first kappa shape index (κ1) is 13.2. The van der Waals surface area contributed by atoms with Crippen LogP contribution in [0.15, 0.2) is 36.4 Å². The fraction of sp³-hybridized carbons (Fsp3) is 0.333. The number of benzene rings is 2. The van der Waals surface area contributed by atoms with Gasteiger partial charge in [-0.2, -0.15) is 0 Å². The van der Waals surface area contributed by atoms with E-state index in [2.05, 4.69) is 41.7 Å². The Labute approximate surface area is 114 Å². The average Bonchev–Trinajstić information content (AvgIpc) is 3.19.